The molecule has 1 amide bonds. The molecule has 2 aliphatic rings. The average Bonchev–Trinajstić information content (AvgIpc) is 3.38. The number of hydrogen-bond acceptors (Lipinski definition) is 3. The van der Waals surface area contributed by atoms with Crippen molar-refractivity contribution in [1.82, 2.24) is 4.90 Å². The van der Waals surface area contributed by atoms with Crippen molar-refractivity contribution in [3.63, 3.8) is 0 Å². The second-order valence-corrected chi connectivity index (χ2v) is 9.78. The standard InChI is InChI=1S/C27H24BrNO4/c28-19-7-5-6-18(14-19)15-27(25(30)31)12-13-29(17-27)26(32)33-16-24-22-10-3-1-8-20(22)21-9-2-4-11-23(21)24/h1-11,14,24H,12-13,15-17H2,(H,30,31). The number of carbonyl (C=O) groups excluding carboxylic acids is 1. The molecule has 6 heteroatoms. The molecule has 3 aromatic carbocycles. The molecule has 5 nitrogen and oxygen atoms in total. The molecule has 1 fully saturated rings. The summed E-state index contributed by atoms with van der Waals surface area (Å²) in [6, 6.07) is 24.1. The summed E-state index contributed by atoms with van der Waals surface area (Å²) in [6.07, 6.45) is 0.322. The molecule has 1 saturated heterocycles. The van der Waals surface area contributed by atoms with Gasteiger partial charge in [0.05, 0.1) is 5.41 Å². The zero-order valence-corrected chi connectivity index (χ0v) is 19.6. The fourth-order valence-corrected chi connectivity index (χ4v) is 5.59. The van der Waals surface area contributed by atoms with E-state index in [1.807, 2.05) is 48.5 Å². The van der Waals surface area contributed by atoms with Crippen molar-refractivity contribution >= 4 is 28.0 Å². The molecular weight excluding hydrogens is 482 g/mol. The topological polar surface area (TPSA) is 66.8 Å². The first-order valence-corrected chi connectivity index (χ1v) is 11.8. The molecule has 0 radical (unpaired) electrons. The molecule has 1 atom stereocenters. The molecule has 0 spiro atoms. The van der Waals surface area contributed by atoms with Crippen LogP contribution in [-0.4, -0.2) is 41.8 Å². The van der Waals surface area contributed by atoms with Crippen molar-refractivity contribution in [2.24, 2.45) is 5.41 Å². The lowest BCUT2D eigenvalue weighted by Gasteiger charge is -2.25. The van der Waals surface area contributed by atoms with Crippen LogP contribution in [-0.2, 0) is 16.0 Å². The average molecular weight is 506 g/mol. The van der Waals surface area contributed by atoms with Gasteiger partial charge in [-0.05, 0) is 52.8 Å². The largest absolute Gasteiger partial charge is 0.481 e. The van der Waals surface area contributed by atoms with E-state index in [4.69, 9.17) is 4.74 Å². The number of fused-ring (bicyclic) bond motifs is 3. The van der Waals surface area contributed by atoms with E-state index in [0.717, 1.165) is 21.2 Å². The lowest BCUT2D eigenvalue weighted by Crippen LogP contribution is -2.39. The predicted octanol–water partition coefficient (Wildman–Crippen LogP) is 5.72. The number of halogens is 1. The molecule has 1 heterocycles. The van der Waals surface area contributed by atoms with Crippen molar-refractivity contribution in [1.29, 1.82) is 0 Å². The highest BCUT2D eigenvalue weighted by atomic mass is 79.9. The first-order valence-electron chi connectivity index (χ1n) is 11.0. The number of ether oxygens (including phenoxy) is 1. The number of benzene rings is 3. The summed E-state index contributed by atoms with van der Waals surface area (Å²) in [7, 11) is 0. The van der Waals surface area contributed by atoms with Gasteiger partial charge in [0, 0.05) is 23.5 Å². The molecule has 0 saturated carbocycles. The lowest BCUT2D eigenvalue weighted by atomic mass is 9.81. The third kappa shape index (κ3) is 4.04. The van der Waals surface area contributed by atoms with Crippen molar-refractivity contribution in [3.05, 3.63) is 94.0 Å². The van der Waals surface area contributed by atoms with Crippen LogP contribution < -0.4 is 0 Å². The third-order valence-electron chi connectivity index (χ3n) is 6.83. The molecule has 1 N–H and O–H groups in total. The summed E-state index contributed by atoms with van der Waals surface area (Å²) in [5, 5.41) is 10.0. The zero-order valence-electron chi connectivity index (χ0n) is 18.0. The molecule has 168 valence electrons. The van der Waals surface area contributed by atoms with E-state index in [2.05, 4.69) is 40.2 Å². The number of amides is 1. The number of aliphatic carboxylic acids is 1. The van der Waals surface area contributed by atoms with E-state index in [0.29, 0.717) is 19.4 Å². The fraction of sp³-hybridized carbons (Fsp3) is 0.259. The monoisotopic (exact) mass is 505 g/mol. The molecule has 0 bridgehead atoms. The van der Waals surface area contributed by atoms with Crippen LogP contribution >= 0.6 is 15.9 Å². The third-order valence-corrected chi connectivity index (χ3v) is 7.33. The van der Waals surface area contributed by atoms with E-state index >= 15 is 0 Å². The normalized spacial score (nSPS) is 19.2. The van der Waals surface area contributed by atoms with Crippen LogP contribution in [0.1, 0.15) is 29.0 Å². The van der Waals surface area contributed by atoms with Crippen LogP contribution in [0.4, 0.5) is 4.79 Å². The van der Waals surface area contributed by atoms with Gasteiger partial charge in [-0.15, -0.1) is 0 Å². The molecule has 3 aromatic rings. The zero-order chi connectivity index (χ0) is 23.0. The van der Waals surface area contributed by atoms with Crippen molar-refractivity contribution in [3.8, 4) is 11.1 Å². The number of nitrogens with zero attached hydrogens (tertiary/aromatic N) is 1. The van der Waals surface area contributed by atoms with E-state index in [1.54, 1.807) is 4.90 Å². The molecule has 33 heavy (non-hydrogen) atoms. The van der Waals surface area contributed by atoms with Crippen molar-refractivity contribution < 1.29 is 19.4 Å². The first kappa shape index (κ1) is 21.7. The van der Waals surface area contributed by atoms with Crippen LogP contribution in [0, 0.1) is 5.41 Å². The first-order chi connectivity index (χ1) is 16.0. The van der Waals surface area contributed by atoms with E-state index in [1.165, 1.54) is 11.1 Å². The van der Waals surface area contributed by atoms with Crippen LogP contribution in [0.25, 0.3) is 11.1 Å². The maximum Gasteiger partial charge on any atom is 0.409 e. The molecule has 0 aromatic heterocycles. The Kier molecular flexibility index (Phi) is 5.71. The Morgan fingerprint density at radius 1 is 1.00 bits per heavy atom. The summed E-state index contributed by atoms with van der Waals surface area (Å²) in [6.45, 7) is 0.748. The molecule has 5 rings (SSSR count). The number of carboxylic acids is 1. The van der Waals surface area contributed by atoms with Gasteiger partial charge in [0.15, 0.2) is 0 Å². The summed E-state index contributed by atoms with van der Waals surface area (Å²) >= 11 is 3.45. The highest BCUT2D eigenvalue weighted by Gasteiger charge is 2.47. The van der Waals surface area contributed by atoms with E-state index in [-0.39, 0.29) is 19.1 Å². The smallest absolute Gasteiger partial charge is 0.409 e. The number of carbonyl (C=O) groups is 2. The lowest BCUT2D eigenvalue weighted by molar-refractivity contribution is -0.148. The van der Waals surface area contributed by atoms with E-state index < -0.39 is 17.5 Å². The Morgan fingerprint density at radius 2 is 1.67 bits per heavy atom. The van der Waals surface area contributed by atoms with Gasteiger partial charge in [-0.1, -0.05) is 76.6 Å². The minimum Gasteiger partial charge on any atom is -0.481 e. The number of likely N-dealkylation sites (tertiary alicyclic amines) is 1. The minimum atomic E-state index is -1.01. The maximum atomic E-state index is 12.9. The predicted molar refractivity (Wildman–Crippen MR) is 129 cm³/mol. The number of rotatable bonds is 5. The van der Waals surface area contributed by atoms with Crippen molar-refractivity contribution in [2.45, 2.75) is 18.8 Å². The van der Waals surface area contributed by atoms with E-state index in [9.17, 15) is 14.7 Å². The van der Waals surface area contributed by atoms with Gasteiger partial charge >= 0.3 is 12.1 Å². The fourth-order valence-electron chi connectivity index (χ4n) is 5.15. The highest BCUT2D eigenvalue weighted by molar-refractivity contribution is 9.10. The molecule has 1 aliphatic heterocycles. The summed E-state index contributed by atoms with van der Waals surface area (Å²) in [5.74, 6) is -0.897. The Morgan fingerprint density at radius 3 is 2.30 bits per heavy atom. The van der Waals surface area contributed by atoms with Crippen LogP contribution in [0.2, 0.25) is 0 Å². The number of carboxylic acid groups (broad SMARTS) is 1. The van der Waals surface area contributed by atoms with Gasteiger partial charge in [-0.2, -0.15) is 0 Å². The van der Waals surface area contributed by atoms with Gasteiger partial charge in [-0.3, -0.25) is 4.79 Å². The Bertz CT molecular complexity index is 1180. The summed E-state index contributed by atoms with van der Waals surface area (Å²) in [5.41, 5.74) is 4.58. The second-order valence-electron chi connectivity index (χ2n) is 8.87. The Labute approximate surface area is 201 Å². The van der Waals surface area contributed by atoms with Gasteiger partial charge in [0.1, 0.15) is 6.61 Å². The van der Waals surface area contributed by atoms with Crippen LogP contribution in [0.15, 0.2) is 77.3 Å². The maximum absolute atomic E-state index is 12.9. The van der Waals surface area contributed by atoms with Crippen LogP contribution in [0.3, 0.4) is 0 Å². The highest BCUT2D eigenvalue weighted by Crippen LogP contribution is 2.44. The molecule has 1 aliphatic carbocycles. The van der Waals surface area contributed by atoms with Gasteiger partial charge < -0.3 is 14.7 Å². The number of hydrogen-bond donors (Lipinski definition) is 1. The minimum absolute atomic E-state index is 0.0187. The second kappa shape index (κ2) is 8.67. The van der Waals surface area contributed by atoms with Gasteiger partial charge in [0.2, 0.25) is 0 Å². The SMILES string of the molecule is O=C(OCC1c2ccccc2-c2ccccc21)N1CCC(Cc2cccc(Br)c2)(C(=O)O)C1. The van der Waals surface area contributed by atoms with Crippen LogP contribution in [0.5, 0.6) is 0 Å². The summed E-state index contributed by atoms with van der Waals surface area (Å²) < 4.78 is 6.66. The van der Waals surface area contributed by atoms with Gasteiger partial charge in [-0.25, -0.2) is 4.79 Å². The van der Waals surface area contributed by atoms with Crippen molar-refractivity contribution in [2.75, 3.05) is 19.7 Å². The quantitative estimate of drug-likeness (QED) is 0.481. The van der Waals surface area contributed by atoms with Gasteiger partial charge in [0.25, 0.3) is 0 Å². The molecule has 1 unspecified atom stereocenters. The summed E-state index contributed by atoms with van der Waals surface area (Å²) in [4.78, 5) is 26.7. The molecular formula is C27H24BrNO4. The Hall–Kier alpha value is -3.12. The Balaban J connectivity index is 1.29.